The maximum absolute atomic E-state index is 12.8. The molecule has 2 aromatic carbocycles. The highest BCUT2D eigenvalue weighted by molar-refractivity contribution is 7.15. The minimum absolute atomic E-state index is 0.0994. The van der Waals surface area contributed by atoms with Crippen molar-refractivity contribution in [2.45, 2.75) is 26.2 Å². The van der Waals surface area contributed by atoms with E-state index in [1.807, 2.05) is 42.5 Å². The second-order valence-corrected chi connectivity index (χ2v) is 9.05. The van der Waals surface area contributed by atoms with Crippen LogP contribution < -0.4 is 14.8 Å². The maximum atomic E-state index is 12.8. The standard InChI is InChI=1S/C24H23N3O2S/c1-5-14-29-19-12-8-17(9-13-19)21-25-23-27(26-21)22(28)20(30-23)15-16-6-10-18(11-7-16)24(2,3)4/h5-13,15H,1,14H2,2-4H3. The Morgan fingerprint density at radius 2 is 1.80 bits per heavy atom. The Kier molecular flexibility index (Phi) is 5.26. The van der Waals surface area contributed by atoms with E-state index in [1.54, 1.807) is 6.08 Å². The van der Waals surface area contributed by atoms with Gasteiger partial charge in [-0.3, -0.25) is 4.79 Å². The maximum Gasteiger partial charge on any atom is 0.291 e. The molecule has 0 saturated carbocycles. The molecule has 2 heterocycles. The van der Waals surface area contributed by atoms with Gasteiger partial charge in [0.05, 0.1) is 4.53 Å². The third-order valence-corrected chi connectivity index (χ3v) is 5.70. The number of aromatic nitrogens is 3. The van der Waals surface area contributed by atoms with Crippen LogP contribution in [0.5, 0.6) is 5.75 Å². The Morgan fingerprint density at radius 3 is 2.40 bits per heavy atom. The van der Waals surface area contributed by atoms with Gasteiger partial charge in [-0.05, 0) is 46.9 Å². The second-order valence-electron chi connectivity index (χ2n) is 8.04. The van der Waals surface area contributed by atoms with Gasteiger partial charge in [-0.25, -0.2) is 0 Å². The van der Waals surface area contributed by atoms with E-state index < -0.39 is 0 Å². The molecule has 4 aromatic rings. The molecular weight excluding hydrogens is 394 g/mol. The van der Waals surface area contributed by atoms with Crippen molar-refractivity contribution in [3.63, 3.8) is 0 Å². The fourth-order valence-corrected chi connectivity index (χ4v) is 3.95. The van der Waals surface area contributed by atoms with Gasteiger partial charge in [0.15, 0.2) is 5.82 Å². The van der Waals surface area contributed by atoms with E-state index in [-0.39, 0.29) is 11.0 Å². The Bertz CT molecular complexity index is 1290. The second kappa shape index (κ2) is 7.88. The third kappa shape index (κ3) is 4.04. The summed E-state index contributed by atoms with van der Waals surface area (Å²) < 4.78 is 7.48. The summed E-state index contributed by atoms with van der Waals surface area (Å²) in [6.07, 6.45) is 3.59. The van der Waals surface area contributed by atoms with Gasteiger partial charge in [-0.15, -0.1) is 5.10 Å². The highest BCUT2D eigenvalue weighted by Crippen LogP contribution is 2.23. The van der Waals surface area contributed by atoms with Gasteiger partial charge in [0, 0.05) is 5.56 Å². The lowest BCUT2D eigenvalue weighted by molar-refractivity contribution is 0.363. The summed E-state index contributed by atoms with van der Waals surface area (Å²) >= 11 is 1.34. The van der Waals surface area contributed by atoms with E-state index in [4.69, 9.17) is 4.74 Å². The molecule has 152 valence electrons. The van der Waals surface area contributed by atoms with Crippen LogP contribution in [-0.4, -0.2) is 21.2 Å². The molecule has 0 aliphatic carbocycles. The number of hydrogen-bond acceptors (Lipinski definition) is 5. The molecule has 5 nitrogen and oxygen atoms in total. The lowest BCUT2D eigenvalue weighted by Gasteiger charge is -2.18. The molecule has 0 N–H and O–H groups in total. The number of fused-ring (bicyclic) bond motifs is 1. The van der Waals surface area contributed by atoms with E-state index in [2.05, 4.69) is 49.6 Å². The van der Waals surface area contributed by atoms with Gasteiger partial charge in [-0.1, -0.05) is 69.0 Å². The fraction of sp³-hybridized carbons (Fsp3) is 0.208. The third-order valence-electron chi connectivity index (χ3n) is 4.74. The van der Waals surface area contributed by atoms with Crippen LogP contribution in [0.2, 0.25) is 0 Å². The zero-order valence-electron chi connectivity index (χ0n) is 17.3. The minimum Gasteiger partial charge on any atom is -0.490 e. The average Bonchev–Trinajstić information content (AvgIpc) is 3.26. The molecule has 0 unspecified atom stereocenters. The molecule has 0 aliphatic rings. The van der Waals surface area contributed by atoms with Crippen LogP contribution in [0, 0.1) is 0 Å². The van der Waals surface area contributed by atoms with Crippen molar-refractivity contribution in [2.75, 3.05) is 6.61 Å². The number of hydrogen-bond donors (Lipinski definition) is 0. The number of rotatable bonds is 5. The predicted octanol–water partition coefficient (Wildman–Crippen LogP) is 4.23. The smallest absolute Gasteiger partial charge is 0.291 e. The first-order valence-electron chi connectivity index (χ1n) is 9.71. The van der Waals surface area contributed by atoms with Crippen LogP contribution in [0.1, 0.15) is 31.9 Å². The van der Waals surface area contributed by atoms with Gasteiger partial charge in [-0.2, -0.15) is 9.50 Å². The molecule has 0 atom stereocenters. The molecule has 0 radical (unpaired) electrons. The molecule has 0 fully saturated rings. The zero-order valence-corrected chi connectivity index (χ0v) is 18.1. The molecule has 0 aliphatic heterocycles. The number of benzene rings is 2. The van der Waals surface area contributed by atoms with Crippen molar-refractivity contribution in [2.24, 2.45) is 0 Å². The van der Waals surface area contributed by atoms with Gasteiger partial charge in [0.2, 0.25) is 4.96 Å². The SMILES string of the molecule is C=CCOc1ccc(-c2nc3sc(=Cc4ccc(C(C)(C)C)cc4)c(=O)n3n2)cc1. The summed E-state index contributed by atoms with van der Waals surface area (Å²) in [7, 11) is 0. The topological polar surface area (TPSA) is 56.5 Å². The van der Waals surface area contributed by atoms with E-state index in [1.165, 1.54) is 21.4 Å². The summed E-state index contributed by atoms with van der Waals surface area (Å²) in [6, 6.07) is 15.8. The predicted molar refractivity (Wildman–Crippen MR) is 122 cm³/mol. The highest BCUT2D eigenvalue weighted by Gasteiger charge is 2.14. The van der Waals surface area contributed by atoms with Gasteiger partial charge >= 0.3 is 0 Å². The normalized spacial score (nSPS) is 12.4. The van der Waals surface area contributed by atoms with E-state index in [0.717, 1.165) is 16.9 Å². The Morgan fingerprint density at radius 1 is 1.10 bits per heavy atom. The van der Waals surface area contributed by atoms with Crippen LogP contribution in [0.15, 0.2) is 66.0 Å². The first kappa shape index (κ1) is 20.0. The van der Waals surface area contributed by atoms with Gasteiger partial charge in [0.1, 0.15) is 12.4 Å². The Labute approximate surface area is 179 Å². The quantitative estimate of drug-likeness (QED) is 0.456. The van der Waals surface area contributed by atoms with Crippen molar-refractivity contribution in [1.29, 1.82) is 0 Å². The molecular formula is C24H23N3O2S. The first-order valence-corrected chi connectivity index (χ1v) is 10.5. The number of thiazole rings is 1. The minimum atomic E-state index is -0.153. The highest BCUT2D eigenvalue weighted by atomic mass is 32.1. The molecule has 4 rings (SSSR count). The molecule has 0 bridgehead atoms. The van der Waals surface area contributed by atoms with Crippen molar-refractivity contribution in [1.82, 2.24) is 14.6 Å². The van der Waals surface area contributed by atoms with Crippen LogP contribution >= 0.6 is 11.3 Å². The summed E-state index contributed by atoms with van der Waals surface area (Å²) in [4.78, 5) is 17.9. The van der Waals surface area contributed by atoms with Crippen molar-refractivity contribution in [3.8, 4) is 17.1 Å². The monoisotopic (exact) mass is 417 g/mol. The molecule has 2 aromatic heterocycles. The van der Waals surface area contributed by atoms with Gasteiger partial charge in [0.25, 0.3) is 5.56 Å². The molecule has 0 saturated heterocycles. The first-order chi connectivity index (χ1) is 14.3. The van der Waals surface area contributed by atoms with Crippen LogP contribution in [-0.2, 0) is 5.41 Å². The largest absolute Gasteiger partial charge is 0.490 e. The zero-order chi connectivity index (χ0) is 21.3. The van der Waals surface area contributed by atoms with Crippen molar-refractivity contribution >= 4 is 22.4 Å². The molecule has 0 spiro atoms. The van der Waals surface area contributed by atoms with E-state index in [0.29, 0.717) is 21.9 Å². The van der Waals surface area contributed by atoms with Crippen LogP contribution in [0.4, 0.5) is 0 Å². The molecule has 6 heteroatoms. The fourth-order valence-electron chi connectivity index (χ4n) is 3.04. The average molecular weight is 418 g/mol. The Hall–Kier alpha value is -3.25. The summed E-state index contributed by atoms with van der Waals surface area (Å²) in [5.74, 6) is 1.27. The van der Waals surface area contributed by atoms with Crippen LogP contribution in [0.3, 0.4) is 0 Å². The number of nitrogens with zero attached hydrogens (tertiary/aromatic N) is 3. The van der Waals surface area contributed by atoms with E-state index in [9.17, 15) is 4.79 Å². The van der Waals surface area contributed by atoms with Crippen molar-refractivity contribution < 1.29 is 4.74 Å². The summed E-state index contributed by atoms with van der Waals surface area (Å²) in [5, 5.41) is 4.41. The van der Waals surface area contributed by atoms with Crippen molar-refractivity contribution in [3.05, 3.63) is 87.2 Å². The van der Waals surface area contributed by atoms with Gasteiger partial charge < -0.3 is 4.74 Å². The lowest BCUT2D eigenvalue weighted by Crippen LogP contribution is -2.23. The lowest BCUT2D eigenvalue weighted by atomic mass is 9.87. The Balaban J connectivity index is 1.63. The van der Waals surface area contributed by atoms with E-state index >= 15 is 0 Å². The number of ether oxygens (including phenoxy) is 1. The van der Waals surface area contributed by atoms with Crippen LogP contribution in [0.25, 0.3) is 22.4 Å². The summed E-state index contributed by atoms with van der Waals surface area (Å²) in [5.41, 5.74) is 3.02. The molecule has 30 heavy (non-hydrogen) atoms. The molecule has 0 amide bonds. The summed E-state index contributed by atoms with van der Waals surface area (Å²) in [6.45, 7) is 10.6.